The second-order valence-electron chi connectivity index (χ2n) is 10.1. The summed E-state index contributed by atoms with van der Waals surface area (Å²) in [6.07, 6.45) is 4.35. The average molecular weight is 391 g/mol. The molecule has 156 valence electrons. The lowest BCUT2D eigenvalue weighted by atomic mass is 9.47. The number of rotatable bonds is 9. The minimum Gasteiger partial charge on any atom is -0.314 e. The average Bonchev–Trinajstić information content (AvgIpc) is 2.76. The van der Waals surface area contributed by atoms with Crippen LogP contribution in [-0.2, 0) is 0 Å². The molecule has 0 aromatic heterocycles. The Hall–Kier alpha value is -1.64. The molecule has 0 radical (unpaired) electrons. The maximum absolute atomic E-state index is 3.81. The van der Waals surface area contributed by atoms with Gasteiger partial charge in [-0.1, -0.05) is 74.5 Å². The zero-order chi connectivity index (χ0) is 20.3. The second kappa shape index (κ2) is 9.02. The molecule has 3 aliphatic carbocycles. The van der Waals surface area contributed by atoms with Crippen molar-refractivity contribution in [2.24, 2.45) is 23.2 Å². The normalized spacial score (nSPS) is 26.1. The van der Waals surface area contributed by atoms with Crippen molar-refractivity contribution in [2.45, 2.75) is 52.0 Å². The fourth-order valence-corrected chi connectivity index (χ4v) is 5.67. The van der Waals surface area contributed by atoms with Gasteiger partial charge < -0.3 is 10.6 Å². The van der Waals surface area contributed by atoms with Crippen LogP contribution in [0.25, 0.3) is 0 Å². The summed E-state index contributed by atoms with van der Waals surface area (Å²) in [5.74, 6) is 3.23. The van der Waals surface area contributed by atoms with Crippen LogP contribution >= 0.6 is 0 Å². The molecule has 2 unspecified atom stereocenters. The summed E-state index contributed by atoms with van der Waals surface area (Å²) >= 11 is 0. The van der Waals surface area contributed by atoms with Crippen LogP contribution in [0, 0.1) is 23.2 Å². The molecule has 0 aliphatic heterocycles. The van der Waals surface area contributed by atoms with E-state index in [9.17, 15) is 0 Å². The second-order valence-corrected chi connectivity index (χ2v) is 10.1. The Morgan fingerprint density at radius 3 is 1.90 bits per heavy atom. The number of benzene rings is 2. The van der Waals surface area contributed by atoms with Crippen molar-refractivity contribution >= 4 is 0 Å². The number of hydrogen-bond donors (Lipinski definition) is 2. The van der Waals surface area contributed by atoms with Crippen molar-refractivity contribution in [2.75, 3.05) is 19.6 Å². The van der Waals surface area contributed by atoms with Crippen molar-refractivity contribution in [3.05, 3.63) is 71.8 Å². The lowest BCUT2D eigenvalue weighted by molar-refractivity contribution is -0.0893. The highest BCUT2D eigenvalue weighted by Gasteiger charge is 2.52. The van der Waals surface area contributed by atoms with Crippen molar-refractivity contribution in [3.63, 3.8) is 0 Å². The van der Waals surface area contributed by atoms with E-state index in [4.69, 9.17) is 0 Å². The molecule has 3 aliphatic rings. The van der Waals surface area contributed by atoms with Gasteiger partial charge in [0.25, 0.3) is 0 Å². The van der Waals surface area contributed by atoms with Gasteiger partial charge >= 0.3 is 0 Å². The minimum atomic E-state index is 0.400. The SMILES string of the molecule is CC(CNCC(c1ccccc1)c1ccccc1)NCC1C[C@@H]2C[C@H](C1)C2(C)C. The molecule has 29 heavy (non-hydrogen) atoms. The summed E-state index contributed by atoms with van der Waals surface area (Å²) in [5.41, 5.74) is 3.39. The Kier molecular flexibility index (Phi) is 6.41. The van der Waals surface area contributed by atoms with E-state index >= 15 is 0 Å². The molecule has 5 rings (SSSR count). The fraction of sp³-hybridized carbons (Fsp3) is 0.556. The summed E-state index contributed by atoms with van der Waals surface area (Å²) in [4.78, 5) is 0. The molecule has 4 atom stereocenters. The minimum absolute atomic E-state index is 0.400. The largest absolute Gasteiger partial charge is 0.314 e. The van der Waals surface area contributed by atoms with Gasteiger partial charge in [-0.2, -0.15) is 0 Å². The molecule has 2 N–H and O–H groups in total. The number of fused-ring (bicyclic) bond motifs is 2. The summed E-state index contributed by atoms with van der Waals surface area (Å²) in [5, 5.41) is 7.55. The Balaban J connectivity index is 1.24. The molecule has 2 bridgehead atoms. The zero-order valence-electron chi connectivity index (χ0n) is 18.4. The third-order valence-electron chi connectivity index (χ3n) is 7.87. The molecular formula is C27H38N2. The predicted molar refractivity (Wildman–Crippen MR) is 123 cm³/mol. The van der Waals surface area contributed by atoms with Gasteiger partial charge in [-0.25, -0.2) is 0 Å². The Morgan fingerprint density at radius 2 is 1.38 bits per heavy atom. The monoisotopic (exact) mass is 390 g/mol. The smallest absolute Gasteiger partial charge is 0.0214 e. The molecule has 2 heteroatoms. The topological polar surface area (TPSA) is 24.1 Å². The molecule has 2 nitrogen and oxygen atoms in total. The first-order chi connectivity index (χ1) is 14.0. The first-order valence-corrected chi connectivity index (χ1v) is 11.6. The van der Waals surface area contributed by atoms with Gasteiger partial charge in [0.05, 0.1) is 0 Å². The Morgan fingerprint density at radius 1 is 0.828 bits per heavy atom. The van der Waals surface area contributed by atoms with Crippen LogP contribution in [0.5, 0.6) is 0 Å². The zero-order valence-corrected chi connectivity index (χ0v) is 18.4. The van der Waals surface area contributed by atoms with Crippen LogP contribution in [-0.4, -0.2) is 25.7 Å². The van der Waals surface area contributed by atoms with Crippen molar-refractivity contribution in [3.8, 4) is 0 Å². The van der Waals surface area contributed by atoms with Crippen molar-refractivity contribution < 1.29 is 0 Å². The lowest BCUT2D eigenvalue weighted by Crippen LogP contribution is -2.52. The summed E-state index contributed by atoms with van der Waals surface area (Å²) in [6.45, 7) is 10.5. The maximum Gasteiger partial charge on any atom is 0.0214 e. The van der Waals surface area contributed by atoms with Gasteiger partial charge in [-0.3, -0.25) is 0 Å². The Bertz CT molecular complexity index is 701. The van der Waals surface area contributed by atoms with Crippen molar-refractivity contribution in [1.82, 2.24) is 10.6 Å². The van der Waals surface area contributed by atoms with Crippen LogP contribution in [0.2, 0.25) is 0 Å². The van der Waals surface area contributed by atoms with E-state index in [1.54, 1.807) is 0 Å². The van der Waals surface area contributed by atoms with Gasteiger partial charge in [0, 0.05) is 25.0 Å². The van der Waals surface area contributed by atoms with E-state index < -0.39 is 0 Å². The molecule has 0 spiro atoms. The quantitative estimate of drug-likeness (QED) is 0.594. The molecule has 0 heterocycles. The standard InChI is InChI=1S/C27H38N2/c1-20(29-18-21-14-24-16-25(15-21)27(24,2)3)17-28-19-26(22-10-6-4-7-11-22)23-12-8-5-9-13-23/h4-13,20-21,24-26,28-29H,14-19H2,1-3H3/t20?,21?,24-,25+. The number of nitrogens with one attached hydrogen (secondary N) is 2. The van der Waals surface area contributed by atoms with E-state index in [0.29, 0.717) is 17.4 Å². The first-order valence-electron chi connectivity index (χ1n) is 11.6. The molecule has 0 amide bonds. The van der Waals surface area contributed by atoms with E-state index in [2.05, 4.69) is 92.1 Å². The van der Waals surface area contributed by atoms with Gasteiger partial charge in [0.2, 0.25) is 0 Å². The van der Waals surface area contributed by atoms with Crippen LogP contribution in [0.4, 0.5) is 0 Å². The molecular weight excluding hydrogens is 352 g/mol. The molecule has 3 fully saturated rings. The van der Waals surface area contributed by atoms with E-state index in [-0.39, 0.29) is 0 Å². The highest BCUT2D eigenvalue weighted by atomic mass is 15.0. The molecule has 0 saturated heterocycles. The fourth-order valence-electron chi connectivity index (χ4n) is 5.67. The van der Waals surface area contributed by atoms with Gasteiger partial charge in [-0.05, 0) is 67.0 Å². The van der Waals surface area contributed by atoms with Gasteiger partial charge in [0.15, 0.2) is 0 Å². The van der Waals surface area contributed by atoms with Crippen molar-refractivity contribution in [1.29, 1.82) is 0 Å². The predicted octanol–water partition coefficient (Wildman–Crippen LogP) is 5.46. The van der Waals surface area contributed by atoms with Crippen LogP contribution in [0.15, 0.2) is 60.7 Å². The highest BCUT2D eigenvalue weighted by molar-refractivity contribution is 5.32. The van der Waals surface area contributed by atoms with Gasteiger partial charge in [0.1, 0.15) is 0 Å². The van der Waals surface area contributed by atoms with Gasteiger partial charge in [-0.15, -0.1) is 0 Å². The van der Waals surface area contributed by atoms with E-state index in [1.165, 1.54) is 36.9 Å². The summed E-state index contributed by atoms with van der Waals surface area (Å²) < 4.78 is 0. The highest BCUT2D eigenvalue weighted by Crippen LogP contribution is 2.60. The van der Waals surface area contributed by atoms with Crippen LogP contribution < -0.4 is 10.6 Å². The van der Waals surface area contributed by atoms with Crippen LogP contribution in [0.3, 0.4) is 0 Å². The summed E-state index contributed by atoms with van der Waals surface area (Å²) in [7, 11) is 0. The lowest BCUT2D eigenvalue weighted by Gasteiger charge is -2.59. The third kappa shape index (κ3) is 4.75. The van der Waals surface area contributed by atoms with E-state index in [1.807, 2.05) is 0 Å². The molecule has 2 aromatic rings. The van der Waals surface area contributed by atoms with Crippen LogP contribution in [0.1, 0.15) is 57.1 Å². The maximum atomic E-state index is 3.81. The third-order valence-corrected chi connectivity index (χ3v) is 7.87. The summed E-state index contributed by atoms with van der Waals surface area (Å²) in [6, 6.07) is 22.3. The molecule has 2 aromatic carbocycles. The van der Waals surface area contributed by atoms with E-state index in [0.717, 1.165) is 30.8 Å². The molecule has 3 saturated carbocycles. The Labute approximate surface area is 177 Å². The first kappa shape index (κ1) is 20.6. The number of hydrogen-bond acceptors (Lipinski definition) is 2.